The molecular weight excluding hydrogens is 750 g/mol. The van der Waals surface area contributed by atoms with Crippen LogP contribution in [0.5, 0.6) is 0 Å². The molecule has 0 aliphatic carbocycles. The van der Waals surface area contributed by atoms with Gasteiger partial charge in [-0.15, -0.1) is 0 Å². The van der Waals surface area contributed by atoms with Gasteiger partial charge in [-0.2, -0.15) is 0 Å². The van der Waals surface area contributed by atoms with Crippen LogP contribution in [0.2, 0.25) is 0 Å². The number of allylic oxidation sites excluding steroid dienone is 1. The van der Waals surface area contributed by atoms with Gasteiger partial charge in [-0.1, -0.05) is 91.0 Å². The molecule has 14 nitrogen and oxygen atoms in total. The third-order valence-electron chi connectivity index (χ3n) is 9.81. The zero-order valence-electron chi connectivity index (χ0n) is 32.9. The van der Waals surface area contributed by atoms with E-state index in [2.05, 4.69) is 0 Å². The van der Waals surface area contributed by atoms with Gasteiger partial charge >= 0.3 is 12.1 Å². The number of ether oxygens (including phenoxy) is 7. The van der Waals surface area contributed by atoms with Crippen LogP contribution in [0.3, 0.4) is 0 Å². The number of amides is 2. The molecule has 3 aromatic rings. The van der Waals surface area contributed by atoms with Crippen molar-refractivity contribution < 1.29 is 62.2 Å². The normalized spacial score (nSPS) is 23.0. The smallest absolute Gasteiger partial charge is 0.416 e. The number of nitrogens with zero attached hydrogens (tertiary/aromatic N) is 1. The van der Waals surface area contributed by atoms with E-state index < -0.39 is 78.3 Å². The highest BCUT2D eigenvalue weighted by Crippen LogP contribution is 2.30. The highest BCUT2D eigenvalue weighted by Gasteiger charge is 2.48. The van der Waals surface area contributed by atoms with Crippen LogP contribution in [0.25, 0.3) is 0 Å². The monoisotopic (exact) mass is 801 g/mol. The van der Waals surface area contributed by atoms with Crippen molar-refractivity contribution in [2.45, 2.75) is 89.2 Å². The van der Waals surface area contributed by atoms with Gasteiger partial charge in [0.25, 0.3) is 0 Å². The molecular formula is C44H51NO13. The number of carbonyl (C=O) groups excluding carboxylic acids is 5. The summed E-state index contributed by atoms with van der Waals surface area (Å²) >= 11 is 0. The molecule has 5 rings (SSSR count). The van der Waals surface area contributed by atoms with E-state index >= 15 is 0 Å². The first-order valence-corrected chi connectivity index (χ1v) is 19.3. The number of carbonyl (C=O) groups is 5. The van der Waals surface area contributed by atoms with Gasteiger partial charge in [0.05, 0.1) is 31.8 Å². The van der Waals surface area contributed by atoms with E-state index in [0.29, 0.717) is 6.42 Å². The molecule has 58 heavy (non-hydrogen) atoms. The molecule has 2 saturated heterocycles. The first-order chi connectivity index (χ1) is 28.1. The maximum Gasteiger partial charge on any atom is 0.416 e. The largest absolute Gasteiger partial charge is 0.453 e. The Morgan fingerprint density at radius 2 is 1.41 bits per heavy atom. The number of esters is 1. The maximum atomic E-state index is 13.6. The lowest BCUT2D eigenvalue weighted by atomic mass is 9.97. The van der Waals surface area contributed by atoms with E-state index in [0.717, 1.165) is 40.7 Å². The van der Waals surface area contributed by atoms with Crippen LogP contribution in [-0.2, 0) is 72.0 Å². The molecule has 0 spiro atoms. The number of imide groups is 1. The zero-order chi connectivity index (χ0) is 41.4. The summed E-state index contributed by atoms with van der Waals surface area (Å²) in [5, 5.41) is 10.3. The van der Waals surface area contributed by atoms with E-state index in [1.807, 2.05) is 91.0 Å². The topological polar surface area (TPSA) is 173 Å². The van der Waals surface area contributed by atoms with Gasteiger partial charge in [-0.05, 0) is 48.6 Å². The Labute approximate surface area is 337 Å². The first-order valence-electron chi connectivity index (χ1n) is 19.3. The fourth-order valence-corrected chi connectivity index (χ4v) is 6.84. The van der Waals surface area contributed by atoms with Crippen molar-refractivity contribution in [3.05, 3.63) is 120 Å². The molecule has 0 unspecified atom stereocenters. The minimum absolute atomic E-state index is 0.0226. The number of methoxy groups -OCH3 is 1. The number of hydrogen-bond acceptors (Lipinski definition) is 13. The molecule has 14 heteroatoms. The maximum absolute atomic E-state index is 13.6. The Balaban J connectivity index is 1.20. The summed E-state index contributed by atoms with van der Waals surface area (Å²) in [4.78, 5) is 65.5. The number of rotatable bonds is 21. The van der Waals surface area contributed by atoms with E-state index in [1.54, 1.807) is 0 Å². The standard InChI is InChI=1S/C44H51NO13/c1-29(42(50)45-34(28-56-44(45)51)24-31-14-7-4-8-15-31)38(57-30(2)47)36(49)22-21-35(48)20-13-23-53-41-40(55-27-33-18-11-6-12-19-33)39(37(25-46)58-43(41)52-3)54-26-32-16-9-5-10-17-32/h4-12,14-19,21-22,29,34,37-41,43,46H,13,20,23-28H2,1-3H3/t29-,34-,37+,38-,39+,40-,41-,43-/m0/s1. The van der Waals surface area contributed by atoms with Crippen molar-refractivity contribution in [2.24, 2.45) is 5.92 Å². The van der Waals surface area contributed by atoms with Crippen LogP contribution >= 0.6 is 0 Å². The number of ketones is 2. The third kappa shape index (κ3) is 12.2. The minimum atomic E-state index is -1.59. The van der Waals surface area contributed by atoms with Crippen molar-refractivity contribution in [3.63, 3.8) is 0 Å². The van der Waals surface area contributed by atoms with Crippen LogP contribution in [0, 0.1) is 5.92 Å². The van der Waals surface area contributed by atoms with Gasteiger partial charge in [0.2, 0.25) is 5.91 Å². The Kier molecular flexibility index (Phi) is 16.8. The second-order valence-corrected chi connectivity index (χ2v) is 14.1. The lowest BCUT2D eigenvalue weighted by molar-refractivity contribution is -0.319. The lowest BCUT2D eigenvalue weighted by Crippen LogP contribution is -2.61. The minimum Gasteiger partial charge on any atom is -0.453 e. The lowest BCUT2D eigenvalue weighted by Gasteiger charge is -2.45. The molecule has 2 aliphatic heterocycles. The Hall–Kier alpha value is -5.09. The fraction of sp³-hybridized carbons (Fsp3) is 0.432. The molecule has 3 aromatic carbocycles. The van der Waals surface area contributed by atoms with Crippen molar-refractivity contribution >= 4 is 29.5 Å². The molecule has 0 bridgehead atoms. The molecule has 0 aromatic heterocycles. The van der Waals surface area contributed by atoms with Gasteiger partial charge < -0.3 is 38.3 Å². The summed E-state index contributed by atoms with van der Waals surface area (Å²) in [6.07, 6.45) is -3.88. The van der Waals surface area contributed by atoms with Gasteiger partial charge in [0, 0.05) is 27.1 Å². The molecule has 0 radical (unpaired) electrons. The summed E-state index contributed by atoms with van der Waals surface area (Å²) in [5.74, 6) is -4.04. The van der Waals surface area contributed by atoms with Crippen molar-refractivity contribution in [3.8, 4) is 0 Å². The first kappa shape index (κ1) is 44.0. The summed E-state index contributed by atoms with van der Waals surface area (Å²) in [5.41, 5.74) is 2.71. The molecule has 2 aliphatic rings. The van der Waals surface area contributed by atoms with Crippen molar-refractivity contribution in [2.75, 3.05) is 26.9 Å². The van der Waals surface area contributed by atoms with E-state index in [-0.39, 0.29) is 45.9 Å². The number of aliphatic hydroxyl groups excluding tert-OH is 1. The van der Waals surface area contributed by atoms with E-state index in [1.165, 1.54) is 14.0 Å². The van der Waals surface area contributed by atoms with Gasteiger partial charge in [-0.3, -0.25) is 19.2 Å². The van der Waals surface area contributed by atoms with Crippen LogP contribution < -0.4 is 0 Å². The predicted molar refractivity (Wildman–Crippen MR) is 208 cm³/mol. The SMILES string of the molecule is CO[C@H]1O[C@H](CO)[C@@H](OCc2ccccc2)[C@H](OCc2ccccc2)[C@@H]1OCCCC(=O)C=CC(=O)[C@@H](OC(C)=O)[C@H](C)C(=O)N1C(=O)OC[C@@H]1Cc1ccccc1. The van der Waals surface area contributed by atoms with Crippen LogP contribution in [0.4, 0.5) is 4.79 Å². The average Bonchev–Trinajstić information content (AvgIpc) is 3.61. The second-order valence-electron chi connectivity index (χ2n) is 14.1. The third-order valence-corrected chi connectivity index (χ3v) is 9.81. The van der Waals surface area contributed by atoms with Crippen LogP contribution in [-0.4, -0.2) is 109 Å². The molecule has 2 fully saturated rings. The number of cyclic esters (lactones) is 1. The number of benzene rings is 3. The molecule has 1 N–H and O–H groups in total. The molecule has 0 saturated carbocycles. The molecule has 2 heterocycles. The van der Waals surface area contributed by atoms with Gasteiger partial charge in [0.1, 0.15) is 31.0 Å². The zero-order valence-corrected chi connectivity index (χ0v) is 32.9. The fourth-order valence-electron chi connectivity index (χ4n) is 6.84. The van der Waals surface area contributed by atoms with E-state index in [4.69, 9.17) is 33.2 Å². The second kappa shape index (κ2) is 22.2. The summed E-state index contributed by atoms with van der Waals surface area (Å²) in [7, 11) is 1.46. The highest BCUT2D eigenvalue weighted by atomic mass is 16.7. The molecule has 8 atom stereocenters. The van der Waals surface area contributed by atoms with Crippen LogP contribution in [0.1, 0.15) is 43.4 Å². The summed E-state index contributed by atoms with van der Waals surface area (Å²) in [6.45, 7) is 2.61. The Morgan fingerprint density at radius 1 is 0.828 bits per heavy atom. The summed E-state index contributed by atoms with van der Waals surface area (Å²) < 4.78 is 41.1. The van der Waals surface area contributed by atoms with E-state index in [9.17, 15) is 29.1 Å². The van der Waals surface area contributed by atoms with Crippen molar-refractivity contribution in [1.82, 2.24) is 4.90 Å². The number of hydrogen-bond donors (Lipinski definition) is 1. The quantitative estimate of drug-likeness (QED) is 0.0905. The van der Waals surface area contributed by atoms with Gasteiger partial charge in [-0.25, -0.2) is 9.69 Å². The Bertz CT molecular complexity index is 1820. The van der Waals surface area contributed by atoms with Gasteiger partial charge in [0.15, 0.2) is 24.0 Å². The van der Waals surface area contributed by atoms with Crippen LogP contribution in [0.15, 0.2) is 103 Å². The predicted octanol–water partition coefficient (Wildman–Crippen LogP) is 4.54. The summed E-state index contributed by atoms with van der Waals surface area (Å²) in [6, 6.07) is 27.7. The van der Waals surface area contributed by atoms with Crippen molar-refractivity contribution in [1.29, 1.82) is 0 Å². The number of aliphatic hydroxyl groups is 1. The molecule has 310 valence electrons. The Morgan fingerprint density at radius 3 is 1.98 bits per heavy atom. The highest BCUT2D eigenvalue weighted by molar-refractivity contribution is 6.04. The molecule has 2 amide bonds. The average molecular weight is 802 g/mol.